The van der Waals surface area contributed by atoms with Gasteiger partial charge in [-0.25, -0.2) is 0 Å². The standard InChI is InChI=1S/C27H36N4/c1-5-29-14-16-30(17-15-29)18-19-31-22(3)26(25-8-6-7-9-27(25)31)20-23-10-12-24(13-11-23)21(2)28-4/h6-13,28H,2,5,14-20H2,1,3-4H3. The van der Waals surface area contributed by atoms with E-state index in [0.29, 0.717) is 0 Å². The predicted molar refractivity (Wildman–Crippen MR) is 133 cm³/mol. The maximum Gasteiger partial charge on any atom is 0.0485 e. The Hall–Kier alpha value is -2.56. The van der Waals surface area contributed by atoms with Crippen molar-refractivity contribution in [1.82, 2.24) is 19.7 Å². The van der Waals surface area contributed by atoms with E-state index in [2.05, 4.69) is 88.6 Å². The van der Waals surface area contributed by atoms with Gasteiger partial charge in [0.15, 0.2) is 0 Å². The van der Waals surface area contributed by atoms with Gasteiger partial charge in [0.05, 0.1) is 0 Å². The normalized spacial score (nSPS) is 15.5. The van der Waals surface area contributed by atoms with Crippen LogP contribution in [-0.2, 0) is 13.0 Å². The number of nitrogens with one attached hydrogen (secondary N) is 1. The summed E-state index contributed by atoms with van der Waals surface area (Å²) in [6.07, 6.45) is 0.959. The molecule has 0 saturated carbocycles. The smallest absolute Gasteiger partial charge is 0.0485 e. The maximum atomic E-state index is 4.06. The zero-order valence-corrected chi connectivity index (χ0v) is 19.3. The van der Waals surface area contributed by atoms with E-state index in [1.165, 1.54) is 60.4 Å². The molecule has 4 heteroatoms. The zero-order valence-electron chi connectivity index (χ0n) is 19.3. The minimum Gasteiger partial charge on any atom is -0.388 e. The second-order valence-corrected chi connectivity index (χ2v) is 8.61. The molecule has 1 fully saturated rings. The SMILES string of the molecule is C=C(NC)c1ccc(Cc2c(C)n(CCN3CCN(CC)CC3)c3ccccc23)cc1. The Bertz CT molecular complexity index is 1020. The molecule has 0 aliphatic carbocycles. The molecule has 1 N–H and O–H groups in total. The first-order chi connectivity index (χ1) is 15.1. The molecular weight excluding hydrogens is 380 g/mol. The Balaban J connectivity index is 1.53. The maximum absolute atomic E-state index is 4.06. The van der Waals surface area contributed by atoms with Crippen molar-refractivity contribution < 1.29 is 0 Å². The number of aromatic nitrogens is 1. The Morgan fingerprint density at radius 3 is 2.29 bits per heavy atom. The third-order valence-corrected chi connectivity index (χ3v) is 6.90. The van der Waals surface area contributed by atoms with Crippen molar-refractivity contribution in [3.63, 3.8) is 0 Å². The van der Waals surface area contributed by atoms with Crippen LogP contribution in [0.1, 0.15) is 29.3 Å². The summed E-state index contributed by atoms with van der Waals surface area (Å²) in [5, 5.41) is 4.52. The summed E-state index contributed by atoms with van der Waals surface area (Å²) in [5.41, 5.74) is 7.66. The number of fused-ring (bicyclic) bond motifs is 1. The Morgan fingerprint density at radius 1 is 0.935 bits per heavy atom. The molecule has 1 aliphatic rings. The van der Waals surface area contributed by atoms with E-state index in [0.717, 1.165) is 30.8 Å². The molecule has 164 valence electrons. The van der Waals surface area contributed by atoms with Gasteiger partial charge in [-0.1, -0.05) is 56.0 Å². The Labute approximate surface area is 187 Å². The van der Waals surface area contributed by atoms with Gasteiger partial charge >= 0.3 is 0 Å². The second-order valence-electron chi connectivity index (χ2n) is 8.61. The van der Waals surface area contributed by atoms with Crippen molar-refractivity contribution in [1.29, 1.82) is 0 Å². The molecule has 31 heavy (non-hydrogen) atoms. The van der Waals surface area contributed by atoms with Crippen molar-refractivity contribution in [3.05, 3.63) is 77.5 Å². The van der Waals surface area contributed by atoms with E-state index in [4.69, 9.17) is 0 Å². The lowest BCUT2D eigenvalue weighted by atomic mass is 10.0. The number of hydrogen-bond acceptors (Lipinski definition) is 3. The van der Waals surface area contributed by atoms with Gasteiger partial charge in [-0.3, -0.25) is 4.90 Å². The molecule has 1 saturated heterocycles. The fourth-order valence-corrected chi connectivity index (χ4v) is 4.76. The molecule has 0 radical (unpaired) electrons. The van der Waals surface area contributed by atoms with Crippen LogP contribution in [0.3, 0.4) is 0 Å². The monoisotopic (exact) mass is 416 g/mol. The lowest BCUT2D eigenvalue weighted by Crippen LogP contribution is -2.46. The van der Waals surface area contributed by atoms with E-state index < -0.39 is 0 Å². The van der Waals surface area contributed by atoms with E-state index in [-0.39, 0.29) is 0 Å². The molecule has 1 aromatic heterocycles. The zero-order chi connectivity index (χ0) is 21.8. The number of benzene rings is 2. The third kappa shape index (κ3) is 4.70. The summed E-state index contributed by atoms with van der Waals surface area (Å²) in [5.74, 6) is 0. The second kappa shape index (κ2) is 9.71. The van der Waals surface area contributed by atoms with E-state index in [9.17, 15) is 0 Å². The quantitative estimate of drug-likeness (QED) is 0.590. The number of likely N-dealkylation sites (N-methyl/N-ethyl adjacent to an activating group) is 1. The fourth-order valence-electron chi connectivity index (χ4n) is 4.76. The van der Waals surface area contributed by atoms with Crippen molar-refractivity contribution in [2.75, 3.05) is 46.3 Å². The lowest BCUT2D eigenvalue weighted by Gasteiger charge is -2.34. The fraction of sp³-hybridized carbons (Fsp3) is 0.407. The van der Waals surface area contributed by atoms with Crippen molar-refractivity contribution in [2.24, 2.45) is 0 Å². The summed E-state index contributed by atoms with van der Waals surface area (Å²) >= 11 is 0. The van der Waals surface area contributed by atoms with Gasteiger partial charge in [0.1, 0.15) is 0 Å². The van der Waals surface area contributed by atoms with Gasteiger partial charge in [-0.2, -0.15) is 0 Å². The molecule has 2 aromatic carbocycles. The summed E-state index contributed by atoms with van der Waals surface area (Å²) in [6.45, 7) is 16.7. The minimum atomic E-state index is 0.958. The summed E-state index contributed by atoms with van der Waals surface area (Å²) in [7, 11) is 1.91. The summed E-state index contributed by atoms with van der Waals surface area (Å²) < 4.78 is 2.54. The third-order valence-electron chi connectivity index (χ3n) is 6.90. The van der Waals surface area contributed by atoms with Crippen LogP contribution in [-0.4, -0.2) is 60.7 Å². The van der Waals surface area contributed by atoms with E-state index in [1.807, 2.05) is 7.05 Å². The van der Waals surface area contributed by atoms with Crippen LogP contribution in [0.2, 0.25) is 0 Å². The number of rotatable bonds is 8. The lowest BCUT2D eigenvalue weighted by molar-refractivity contribution is 0.134. The van der Waals surface area contributed by atoms with Crippen molar-refractivity contribution in [2.45, 2.75) is 26.8 Å². The number of nitrogens with zero attached hydrogens (tertiary/aromatic N) is 3. The Kier molecular flexibility index (Phi) is 6.79. The predicted octanol–water partition coefficient (Wildman–Crippen LogP) is 4.37. The molecule has 0 atom stereocenters. The number of hydrogen-bond donors (Lipinski definition) is 1. The highest BCUT2D eigenvalue weighted by Crippen LogP contribution is 2.28. The van der Waals surface area contributed by atoms with Gasteiger partial charge in [0.25, 0.3) is 0 Å². The van der Waals surface area contributed by atoms with Crippen molar-refractivity contribution >= 4 is 16.6 Å². The molecule has 0 amide bonds. The summed E-state index contributed by atoms with van der Waals surface area (Å²) in [4.78, 5) is 5.16. The average Bonchev–Trinajstić information content (AvgIpc) is 3.08. The molecular formula is C27H36N4. The van der Waals surface area contributed by atoms with Crippen LogP contribution >= 0.6 is 0 Å². The van der Waals surface area contributed by atoms with Crippen LogP contribution in [0.5, 0.6) is 0 Å². The number of para-hydroxylation sites is 1. The summed E-state index contributed by atoms with van der Waals surface area (Å²) in [6, 6.07) is 17.7. The highest BCUT2D eigenvalue weighted by molar-refractivity contribution is 5.86. The number of piperazine rings is 1. The first-order valence-electron chi connectivity index (χ1n) is 11.6. The van der Waals surface area contributed by atoms with Crippen molar-refractivity contribution in [3.8, 4) is 0 Å². The molecule has 3 aromatic rings. The Morgan fingerprint density at radius 2 is 1.61 bits per heavy atom. The van der Waals surface area contributed by atoms with Gasteiger partial charge in [-0.15, -0.1) is 0 Å². The molecule has 0 bridgehead atoms. The largest absolute Gasteiger partial charge is 0.388 e. The van der Waals surface area contributed by atoms with Crippen LogP contribution in [0.15, 0.2) is 55.1 Å². The van der Waals surface area contributed by atoms with Gasteiger partial charge in [-0.05, 0) is 42.6 Å². The van der Waals surface area contributed by atoms with Crippen LogP contribution in [0, 0.1) is 6.92 Å². The minimum absolute atomic E-state index is 0.958. The molecule has 0 spiro atoms. The highest BCUT2D eigenvalue weighted by Gasteiger charge is 2.18. The van der Waals surface area contributed by atoms with Gasteiger partial charge in [0, 0.05) is 68.6 Å². The molecule has 4 rings (SSSR count). The topological polar surface area (TPSA) is 23.4 Å². The van der Waals surface area contributed by atoms with E-state index in [1.54, 1.807) is 0 Å². The van der Waals surface area contributed by atoms with Crippen LogP contribution < -0.4 is 5.32 Å². The van der Waals surface area contributed by atoms with Crippen LogP contribution in [0.25, 0.3) is 16.6 Å². The van der Waals surface area contributed by atoms with Crippen LogP contribution in [0.4, 0.5) is 0 Å². The van der Waals surface area contributed by atoms with Gasteiger partial charge < -0.3 is 14.8 Å². The average molecular weight is 417 g/mol. The van der Waals surface area contributed by atoms with E-state index >= 15 is 0 Å². The molecule has 4 nitrogen and oxygen atoms in total. The molecule has 0 unspecified atom stereocenters. The first-order valence-corrected chi connectivity index (χ1v) is 11.6. The highest BCUT2D eigenvalue weighted by atomic mass is 15.3. The van der Waals surface area contributed by atoms with Gasteiger partial charge in [0.2, 0.25) is 0 Å². The molecule has 2 heterocycles. The first kappa shape index (κ1) is 21.7. The molecule has 1 aliphatic heterocycles.